The molecule has 2 N–H and O–H groups in total. The maximum atomic E-state index is 14.6. The first-order valence-electron chi connectivity index (χ1n) is 6.90. The summed E-state index contributed by atoms with van der Waals surface area (Å²) in [5.41, 5.74) is 6.34. The van der Waals surface area contributed by atoms with Crippen LogP contribution >= 0.6 is 15.9 Å². The number of hydrogen-bond acceptors (Lipinski definition) is 3. The third kappa shape index (κ3) is 2.53. The van der Waals surface area contributed by atoms with Gasteiger partial charge in [-0.25, -0.2) is 4.39 Å². The van der Waals surface area contributed by atoms with E-state index in [-0.39, 0.29) is 11.2 Å². The minimum Gasteiger partial charge on any atom is -0.493 e. The van der Waals surface area contributed by atoms with E-state index in [0.29, 0.717) is 28.1 Å². The smallest absolute Gasteiger partial charge is 0.175 e. The van der Waals surface area contributed by atoms with Crippen molar-refractivity contribution in [3.8, 4) is 11.5 Å². The van der Waals surface area contributed by atoms with E-state index < -0.39 is 0 Å². The van der Waals surface area contributed by atoms with Crippen LogP contribution in [0.15, 0.2) is 10.5 Å². The second-order valence-electron chi connectivity index (χ2n) is 5.33. The lowest BCUT2D eigenvalue weighted by atomic mass is 9.69. The highest BCUT2D eigenvalue weighted by atomic mass is 79.9. The highest BCUT2D eigenvalue weighted by Gasteiger charge is 2.38. The third-order valence-corrected chi connectivity index (χ3v) is 5.05. The molecule has 0 aliphatic heterocycles. The molecule has 0 atom stereocenters. The second-order valence-corrected chi connectivity index (χ2v) is 6.12. The fourth-order valence-electron chi connectivity index (χ4n) is 3.19. The first kappa shape index (κ1) is 15.6. The Bertz CT molecular complexity index is 487. The maximum absolute atomic E-state index is 14.6. The Morgan fingerprint density at radius 1 is 1.25 bits per heavy atom. The molecule has 0 saturated heterocycles. The fraction of sp³-hybridized carbons (Fsp3) is 0.600. The molecule has 1 aromatic carbocycles. The predicted molar refractivity (Wildman–Crippen MR) is 81.0 cm³/mol. The van der Waals surface area contributed by atoms with Crippen molar-refractivity contribution in [1.29, 1.82) is 0 Å². The fourth-order valence-corrected chi connectivity index (χ4v) is 4.16. The molecule has 1 aliphatic rings. The number of ether oxygens (including phenoxy) is 2. The van der Waals surface area contributed by atoms with Gasteiger partial charge in [-0.3, -0.25) is 0 Å². The van der Waals surface area contributed by atoms with Crippen molar-refractivity contribution in [1.82, 2.24) is 0 Å². The second kappa shape index (κ2) is 6.31. The van der Waals surface area contributed by atoms with Gasteiger partial charge >= 0.3 is 0 Å². The van der Waals surface area contributed by atoms with Crippen molar-refractivity contribution in [2.24, 2.45) is 5.73 Å². The Morgan fingerprint density at radius 3 is 2.40 bits per heavy atom. The Kier molecular flexibility index (Phi) is 4.91. The van der Waals surface area contributed by atoms with Crippen molar-refractivity contribution in [2.75, 3.05) is 20.8 Å². The van der Waals surface area contributed by atoms with Crippen LogP contribution in [0.1, 0.15) is 37.7 Å². The normalized spacial score (nSPS) is 17.9. The average molecular weight is 346 g/mol. The molecule has 0 radical (unpaired) electrons. The number of methoxy groups -OCH3 is 2. The van der Waals surface area contributed by atoms with Crippen LogP contribution in [0.3, 0.4) is 0 Å². The van der Waals surface area contributed by atoms with Gasteiger partial charge in [-0.2, -0.15) is 0 Å². The molecule has 1 fully saturated rings. The van der Waals surface area contributed by atoms with Gasteiger partial charge in [0.15, 0.2) is 11.5 Å². The van der Waals surface area contributed by atoms with Gasteiger partial charge in [0.05, 0.1) is 18.7 Å². The monoisotopic (exact) mass is 345 g/mol. The Hall–Kier alpha value is -0.810. The van der Waals surface area contributed by atoms with Crippen molar-refractivity contribution >= 4 is 15.9 Å². The summed E-state index contributed by atoms with van der Waals surface area (Å²) in [6.07, 6.45) is 5.17. The molecule has 20 heavy (non-hydrogen) atoms. The van der Waals surface area contributed by atoms with E-state index >= 15 is 0 Å². The van der Waals surface area contributed by atoms with E-state index in [1.165, 1.54) is 19.6 Å². The third-order valence-electron chi connectivity index (χ3n) is 4.30. The summed E-state index contributed by atoms with van der Waals surface area (Å²) in [5, 5.41) is 0. The molecule has 0 amide bonds. The van der Waals surface area contributed by atoms with Crippen LogP contribution in [0.2, 0.25) is 0 Å². The Morgan fingerprint density at radius 2 is 1.90 bits per heavy atom. The van der Waals surface area contributed by atoms with Gasteiger partial charge in [0, 0.05) is 23.6 Å². The summed E-state index contributed by atoms with van der Waals surface area (Å²) in [5.74, 6) is 0.646. The SMILES string of the molecule is COc1cc(F)c(C2(CN)CCCCC2)c(Br)c1OC. The van der Waals surface area contributed by atoms with Crippen molar-refractivity contribution in [2.45, 2.75) is 37.5 Å². The van der Waals surface area contributed by atoms with Crippen LogP contribution in [0.25, 0.3) is 0 Å². The van der Waals surface area contributed by atoms with E-state index in [2.05, 4.69) is 15.9 Å². The van der Waals surface area contributed by atoms with E-state index in [9.17, 15) is 4.39 Å². The average Bonchev–Trinajstić information content (AvgIpc) is 2.47. The lowest BCUT2D eigenvalue weighted by Crippen LogP contribution is -2.38. The minimum absolute atomic E-state index is 0.276. The van der Waals surface area contributed by atoms with Crippen molar-refractivity contribution in [3.63, 3.8) is 0 Å². The molecule has 0 unspecified atom stereocenters. The molecule has 1 aromatic rings. The molecule has 1 aliphatic carbocycles. The van der Waals surface area contributed by atoms with Gasteiger partial charge in [-0.1, -0.05) is 19.3 Å². The molecular formula is C15H21BrFNO2. The van der Waals surface area contributed by atoms with Crippen LogP contribution in [0.4, 0.5) is 4.39 Å². The standard InChI is InChI=1S/C15H21BrFNO2/c1-19-11-8-10(17)12(13(16)14(11)20-2)15(9-18)6-4-3-5-7-15/h8H,3-7,9,18H2,1-2H3. The molecule has 112 valence electrons. The van der Waals surface area contributed by atoms with E-state index in [1.807, 2.05) is 0 Å². The number of rotatable bonds is 4. The number of halogens is 2. The molecule has 5 heteroatoms. The zero-order valence-corrected chi connectivity index (χ0v) is 13.6. The summed E-state index contributed by atoms with van der Waals surface area (Å²) < 4.78 is 25.8. The zero-order valence-electron chi connectivity index (χ0n) is 12.0. The van der Waals surface area contributed by atoms with Crippen LogP contribution < -0.4 is 15.2 Å². The van der Waals surface area contributed by atoms with Gasteiger partial charge in [0.2, 0.25) is 0 Å². The topological polar surface area (TPSA) is 44.5 Å². The quantitative estimate of drug-likeness (QED) is 0.903. The number of hydrogen-bond donors (Lipinski definition) is 1. The number of nitrogens with two attached hydrogens (primary N) is 1. The largest absolute Gasteiger partial charge is 0.493 e. The maximum Gasteiger partial charge on any atom is 0.175 e. The summed E-state index contributed by atoms with van der Waals surface area (Å²) in [7, 11) is 3.06. The molecule has 2 rings (SSSR count). The summed E-state index contributed by atoms with van der Waals surface area (Å²) >= 11 is 3.49. The van der Waals surface area contributed by atoms with Crippen LogP contribution in [0, 0.1) is 5.82 Å². The summed E-state index contributed by atoms with van der Waals surface area (Å²) in [6, 6.07) is 1.39. The van der Waals surface area contributed by atoms with Crippen molar-refractivity contribution < 1.29 is 13.9 Å². The Labute approximate surface area is 127 Å². The van der Waals surface area contributed by atoms with Gasteiger partial charge in [-0.05, 0) is 28.8 Å². The van der Waals surface area contributed by atoms with Crippen LogP contribution in [0.5, 0.6) is 11.5 Å². The summed E-state index contributed by atoms with van der Waals surface area (Å²) in [6.45, 7) is 0.442. The molecule has 3 nitrogen and oxygen atoms in total. The number of benzene rings is 1. The van der Waals surface area contributed by atoms with E-state index in [1.54, 1.807) is 7.11 Å². The van der Waals surface area contributed by atoms with Gasteiger partial charge in [0.25, 0.3) is 0 Å². The van der Waals surface area contributed by atoms with Crippen molar-refractivity contribution in [3.05, 3.63) is 21.9 Å². The van der Waals surface area contributed by atoms with Gasteiger partial charge in [-0.15, -0.1) is 0 Å². The van der Waals surface area contributed by atoms with E-state index in [0.717, 1.165) is 25.7 Å². The van der Waals surface area contributed by atoms with Crippen LogP contribution in [-0.4, -0.2) is 20.8 Å². The van der Waals surface area contributed by atoms with Gasteiger partial charge in [0.1, 0.15) is 5.82 Å². The first-order chi connectivity index (χ1) is 9.59. The minimum atomic E-state index is -0.305. The lowest BCUT2D eigenvalue weighted by molar-refractivity contribution is 0.285. The molecule has 1 saturated carbocycles. The molecule has 0 bridgehead atoms. The predicted octanol–water partition coefficient (Wildman–Crippen LogP) is 3.77. The molecular weight excluding hydrogens is 325 g/mol. The lowest BCUT2D eigenvalue weighted by Gasteiger charge is -2.38. The van der Waals surface area contributed by atoms with Gasteiger partial charge < -0.3 is 15.2 Å². The summed E-state index contributed by atoms with van der Waals surface area (Å²) in [4.78, 5) is 0. The molecule has 0 heterocycles. The van der Waals surface area contributed by atoms with Crippen LogP contribution in [-0.2, 0) is 5.41 Å². The highest BCUT2D eigenvalue weighted by molar-refractivity contribution is 9.10. The Balaban J connectivity index is 2.60. The molecule has 0 spiro atoms. The molecule has 0 aromatic heterocycles. The first-order valence-corrected chi connectivity index (χ1v) is 7.69. The van der Waals surface area contributed by atoms with E-state index in [4.69, 9.17) is 15.2 Å². The highest BCUT2D eigenvalue weighted by Crippen LogP contribution is 2.48. The zero-order chi connectivity index (χ0) is 14.8.